The number of amides is 1. The van der Waals surface area contributed by atoms with Gasteiger partial charge in [0.1, 0.15) is 22.8 Å². The van der Waals surface area contributed by atoms with Gasteiger partial charge in [-0.05, 0) is 65.5 Å². The van der Waals surface area contributed by atoms with E-state index in [4.69, 9.17) is 5.73 Å². The minimum Gasteiger partial charge on any atom is -0.511 e. The molecule has 5 N–H and O–H groups in total. The number of aromatic hydroxyl groups is 1. The zero-order valence-electron chi connectivity index (χ0n) is 18.4. The molecule has 0 radical (unpaired) electrons. The highest BCUT2D eigenvalue weighted by atomic mass is 32.1. The molecule has 0 saturated heterocycles. The zero-order valence-corrected chi connectivity index (χ0v) is 19.3. The first-order valence-corrected chi connectivity index (χ1v) is 12.2. The maximum atomic E-state index is 13.5. The second kappa shape index (κ2) is 7.55. The number of thiophene rings is 1. The number of primary amides is 1. The number of phenols is 1. The third kappa shape index (κ3) is 3.06. The van der Waals surface area contributed by atoms with Gasteiger partial charge in [-0.2, -0.15) is 0 Å². The Morgan fingerprint density at radius 3 is 2.54 bits per heavy atom. The highest BCUT2D eigenvalue weighted by molar-refractivity contribution is 7.22. The number of ketones is 2. The number of fused-ring (bicyclic) bond motifs is 4. The van der Waals surface area contributed by atoms with Crippen LogP contribution in [0.1, 0.15) is 24.0 Å². The fourth-order valence-electron chi connectivity index (χ4n) is 5.99. The summed E-state index contributed by atoms with van der Waals surface area (Å²) in [5.74, 6) is -5.24. The predicted molar refractivity (Wildman–Crippen MR) is 131 cm³/mol. The Balaban J connectivity index is 1.51. The Bertz CT molecular complexity index is 1510. The molecule has 2 aromatic carbocycles. The molecule has 0 spiro atoms. The van der Waals surface area contributed by atoms with Gasteiger partial charge in [-0.15, -0.1) is 11.3 Å². The minimum absolute atomic E-state index is 0.0701. The molecule has 1 unspecified atom stereocenters. The molecule has 1 fully saturated rings. The number of phenolic OH excluding ortho intramolecular Hbond substituents is 1. The standard InChI is InChI=1S/C27H21NO6S/c28-27(34)23-17(30)9-13-7-12-8-15-14(19-10-11-3-1-2-4-18(11)35-19)5-6-16(29)22(15)25(32)20(12)24(31)21(13)26(23)33/h1-6,10,12-13,21,29,32-33H,7-9H2,(H2,28,34)/t12-,13+,21?/m1/s1. The zero-order chi connectivity index (χ0) is 24.6. The van der Waals surface area contributed by atoms with Crippen LogP contribution < -0.4 is 5.73 Å². The van der Waals surface area contributed by atoms with Crippen LogP contribution >= 0.6 is 11.3 Å². The van der Waals surface area contributed by atoms with E-state index >= 15 is 0 Å². The molecule has 3 aliphatic rings. The SMILES string of the molecule is NC(=O)C1=C(O)C2C(=O)C3=C(O)c4c(O)ccc(-c5cc6ccccc6s5)c4C[C@H]3C[C@H]2CC1=O. The van der Waals surface area contributed by atoms with Gasteiger partial charge in [0.15, 0.2) is 11.6 Å². The third-order valence-electron chi connectivity index (χ3n) is 7.46. The van der Waals surface area contributed by atoms with Crippen molar-refractivity contribution >= 4 is 44.7 Å². The van der Waals surface area contributed by atoms with Gasteiger partial charge in [-0.25, -0.2) is 0 Å². The van der Waals surface area contributed by atoms with Gasteiger partial charge in [0, 0.05) is 21.6 Å². The van der Waals surface area contributed by atoms with Crippen LogP contribution in [-0.4, -0.2) is 32.8 Å². The lowest BCUT2D eigenvalue weighted by Crippen LogP contribution is -2.44. The number of benzene rings is 2. The average Bonchev–Trinajstić information content (AvgIpc) is 3.22. The molecule has 7 nitrogen and oxygen atoms in total. The van der Waals surface area contributed by atoms with Crippen molar-refractivity contribution in [3.63, 3.8) is 0 Å². The summed E-state index contributed by atoms with van der Waals surface area (Å²) in [6, 6.07) is 13.4. The van der Waals surface area contributed by atoms with Crippen LogP contribution in [0.5, 0.6) is 5.75 Å². The van der Waals surface area contributed by atoms with Crippen molar-refractivity contribution in [2.45, 2.75) is 19.3 Å². The Kier molecular flexibility index (Phi) is 4.66. The molecule has 35 heavy (non-hydrogen) atoms. The van der Waals surface area contributed by atoms with Gasteiger partial charge in [0.2, 0.25) is 0 Å². The van der Waals surface area contributed by atoms with E-state index in [0.717, 1.165) is 26.1 Å². The fourth-order valence-corrected chi connectivity index (χ4v) is 7.10. The molecule has 176 valence electrons. The number of carbonyl (C=O) groups is 3. The van der Waals surface area contributed by atoms with Crippen molar-refractivity contribution in [3.8, 4) is 16.2 Å². The van der Waals surface area contributed by atoms with Gasteiger partial charge < -0.3 is 21.1 Å². The summed E-state index contributed by atoms with van der Waals surface area (Å²) in [6.07, 6.45) is 0.695. The molecular formula is C27H21NO6S. The Labute approximate surface area is 203 Å². The first kappa shape index (κ1) is 21.6. The first-order chi connectivity index (χ1) is 16.8. The number of aliphatic hydroxyl groups is 2. The number of allylic oxidation sites excluding steroid dienone is 2. The summed E-state index contributed by atoms with van der Waals surface area (Å²) in [6.45, 7) is 0. The maximum Gasteiger partial charge on any atom is 0.255 e. The minimum atomic E-state index is -1.11. The molecule has 0 aliphatic heterocycles. The van der Waals surface area contributed by atoms with Crippen molar-refractivity contribution in [3.05, 3.63) is 70.5 Å². The molecule has 8 heteroatoms. The number of nitrogens with two attached hydrogens (primary N) is 1. The number of hydrogen-bond donors (Lipinski definition) is 4. The number of carbonyl (C=O) groups excluding carboxylic acids is 3. The topological polar surface area (TPSA) is 138 Å². The molecule has 1 amide bonds. The normalized spacial score (nSPS) is 23.8. The Morgan fingerprint density at radius 1 is 1.03 bits per heavy atom. The predicted octanol–water partition coefficient (Wildman–Crippen LogP) is 4.19. The molecule has 0 bridgehead atoms. The van der Waals surface area contributed by atoms with Crippen molar-refractivity contribution in [2.75, 3.05) is 0 Å². The van der Waals surface area contributed by atoms with Crippen LogP contribution in [0.3, 0.4) is 0 Å². The van der Waals surface area contributed by atoms with Crippen molar-refractivity contribution in [1.82, 2.24) is 0 Å². The average molecular weight is 488 g/mol. The van der Waals surface area contributed by atoms with Crippen LogP contribution in [-0.2, 0) is 20.8 Å². The summed E-state index contributed by atoms with van der Waals surface area (Å²) in [5, 5.41) is 33.7. The number of hydrogen-bond acceptors (Lipinski definition) is 7. The van der Waals surface area contributed by atoms with E-state index in [1.165, 1.54) is 6.07 Å². The monoisotopic (exact) mass is 487 g/mol. The van der Waals surface area contributed by atoms with E-state index in [0.29, 0.717) is 12.8 Å². The Hall–Kier alpha value is -3.91. The van der Waals surface area contributed by atoms with Crippen LogP contribution in [0.25, 0.3) is 26.3 Å². The van der Waals surface area contributed by atoms with E-state index in [1.807, 2.05) is 30.3 Å². The molecule has 3 atom stereocenters. The maximum absolute atomic E-state index is 13.5. The third-order valence-corrected chi connectivity index (χ3v) is 8.61. The first-order valence-electron chi connectivity index (χ1n) is 11.3. The van der Waals surface area contributed by atoms with Gasteiger partial charge >= 0.3 is 0 Å². The number of rotatable bonds is 2. The second-order valence-corrected chi connectivity index (χ2v) is 10.5. The Morgan fingerprint density at radius 2 is 1.80 bits per heavy atom. The lowest BCUT2D eigenvalue weighted by atomic mass is 9.61. The van der Waals surface area contributed by atoms with Gasteiger partial charge in [0.25, 0.3) is 5.91 Å². The summed E-state index contributed by atoms with van der Waals surface area (Å²) < 4.78 is 1.12. The molecule has 1 aromatic heterocycles. The molecule has 6 rings (SSSR count). The quantitative estimate of drug-likeness (QED) is 0.400. The van der Waals surface area contributed by atoms with E-state index in [2.05, 4.69) is 6.07 Å². The summed E-state index contributed by atoms with van der Waals surface area (Å²) in [5.41, 5.74) is 6.68. The van der Waals surface area contributed by atoms with E-state index in [-0.39, 0.29) is 35.0 Å². The van der Waals surface area contributed by atoms with Crippen molar-refractivity contribution < 1.29 is 29.7 Å². The lowest BCUT2D eigenvalue weighted by Gasteiger charge is -2.41. The number of aliphatic hydroxyl groups excluding tert-OH is 2. The second-order valence-electron chi connectivity index (χ2n) is 9.39. The number of Topliss-reactive ketones (excluding diaryl/α,β-unsaturated/α-hetero) is 2. The van der Waals surface area contributed by atoms with E-state index in [1.54, 1.807) is 11.3 Å². The molecule has 3 aliphatic carbocycles. The van der Waals surface area contributed by atoms with Gasteiger partial charge in [0.05, 0.1) is 11.5 Å². The van der Waals surface area contributed by atoms with Gasteiger partial charge in [-0.3, -0.25) is 14.4 Å². The van der Waals surface area contributed by atoms with Crippen LogP contribution in [0.4, 0.5) is 0 Å². The summed E-state index contributed by atoms with van der Waals surface area (Å²) in [7, 11) is 0. The van der Waals surface area contributed by atoms with Gasteiger partial charge in [-0.1, -0.05) is 18.2 Å². The summed E-state index contributed by atoms with van der Waals surface area (Å²) in [4.78, 5) is 38.7. The fraction of sp³-hybridized carbons (Fsp3) is 0.222. The highest BCUT2D eigenvalue weighted by Crippen LogP contribution is 2.52. The lowest BCUT2D eigenvalue weighted by molar-refractivity contribution is -0.127. The highest BCUT2D eigenvalue weighted by Gasteiger charge is 2.51. The van der Waals surface area contributed by atoms with E-state index in [9.17, 15) is 29.7 Å². The molecule has 1 heterocycles. The van der Waals surface area contributed by atoms with Crippen molar-refractivity contribution in [2.24, 2.45) is 23.5 Å². The van der Waals surface area contributed by atoms with Crippen LogP contribution in [0, 0.1) is 17.8 Å². The van der Waals surface area contributed by atoms with E-state index < -0.39 is 40.6 Å². The van der Waals surface area contributed by atoms with Crippen LogP contribution in [0.15, 0.2) is 59.4 Å². The molecule has 3 aromatic rings. The smallest absolute Gasteiger partial charge is 0.255 e. The van der Waals surface area contributed by atoms with Crippen LogP contribution in [0.2, 0.25) is 0 Å². The summed E-state index contributed by atoms with van der Waals surface area (Å²) >= 11 is 1.61. The molecule has 1 saturated carbocycles. The molecular weight excluding hydrogens is 466 g/mol. The van der Waals surface area contributed by atoms with Crippen molar-refractivity contribution in [1.29, 1.82) is 0 Å². The largest absolute Gasteiger partial charge is 0.511 e.